The summed E-state index contributed by atoms with van der Waals surface area (Å²) in [5.41, 5.74) is 3.27. The number of piperazine rings is 1. The Kier molecular flexibility index (Phi) is 10.8. The molecule has 43 heavy (non-hydrogen) atoms. The number of amides is 2. The summed E-state index contributed by atoms with van der Waals surface area (Å²) in [6.07, 6.45) is 5.30. The number of benzene rings is 1. The van der Waals surface area contributed by atoms with Crippen LogP contribution in [0.25, 0.3) is 11.3 Å². The fourth-order valence-electron chi connectivity index (χ4n) is 5.45. The van der Waals surface area contributed by atoms with Gasteiger partial charge in [-0.3, -0.25) is 24.5 Å². The highest BCUT2D eigenvalue weighted by Crippen LogP contribution is 2.31. The smallest absolute Gasteiger partial charge is 0.244 e. The zero-order valence-electron chi connectivity index (χ0n) is 25.7. The van der Waals surface area contributed by atoms with Crippen molar-refractivity contribution in [3.63, 3.8) is 0 Å². The molecule has 1 aliphatic rings. The molecule has 1 aromatic carbocycles. The van der Waals surface area contributed by atoms with Crippen molar-refractivity contribution in [2.45, 2.75) is 58.8 Å². The van der Waals surface area contributed by atoms with Gasteiger partial charge in [-0.2, -0.15) is 0 Å². The second kappa shape index (κ2) is 14.5. The summed E-state index contributed by atoms with van der Waals surface area (Å²) < 4.78 is 25.8. The van der Waals surface area contributed by atoms with Gasteiger partial charge in [0.15, 0.2) is 0 Å². The molecule has 0 saturated carbocycles. The number of aromatic nitrogens is 3. The first kappa shape index (κ1) is 32.0. The molecule has 0 bridgehead atoms. The maximum absolute atomic E-state index is 15.3. The molecule has 0 radical (unpaired) electrons. The quantitative estimate of drug-likeness (QED) is 0.357. The highest BCUT2D eigenvalue weighted by Gasteiger charge is 2.42. The van der Waals surface area contributed by atoms with E-state index in [2.05, 4.69) is 25.2 Å². The molecule has 11 heteroatoms. The van der Waals surface area contributed by atoms with Crippen LogP contribution in [0.5, 0.6) is 5.88 Å². The third-order valence-corrected chi connectivity index (χ3v) is 7.77. The molecule has 2 aromatic heterocycles. The van der Waals surface area contributed by atoms with Crippen LogP contribution in [0.4, 0.5) is 4.39 Å². The van der Waals surface area contributed by atoms with E-state index in [4.69, 9.17) is 9.47 Å². The molecule has 1 aliphatic heterocycles. The van der Waals surface area contributed by atoms with Gasteiger partial charge in [-0.25, -0.2) is 9.37 Å². The maximum Gasteiger partial charge on any atom is 0.244 e. The number of rotatable bonds is 11. The van der Waals surface area contributed by atoms with Gasteiger partial charge in [0.2, 0.25) is 17.7 Å². The summed E-state index contributed by atoms with van der Waals surface area (Å²) in [5, 5.41) is 3.03. The van der Waals surface area contributed by atoms with E-state index in [9.17, 15) is 9.59 Å². The molecule has 4 rings (SSSR count). The number of nitrogens with one attached hydrogen (secondary N) is 1. The minimum atomic E-state index is -0.761. The van der Waals surface area contributed by atoms with Gasteiger partial charge in [0.1, 0.15) is 11.9 Å². The minimum Gasteiger partial charge on any atom is -0.480 e. The van der Waals surface area contributed by atoms with Crippen molar-refractivity contribution in [2.75, 3.05) is 33.9 Å². The zero-order valence-corrected chi connectivity index (χ0v) is 25.7. The van der Waals surface area contributed by atoms with Gasteiger partial charge in [-0.1, -0.05) is 38.1 Å². The lowest BCUT2D eigenvalue weighted by atomic mass is 9.97. The molecule has 1 saturated heterocycles. The normalized spacial score (nSPS) is 18.0. The highest BCUT2D eigenvalue weighted by molar-refractivity contribution is 5.89. The van der Waals surface area contributed by atoms with Crippen molar-refractivity contribution >= 4 is 11.8 Å². The van der Waals surface area contributed by atoms with Crippen LogP contribution in [0.15, 0.2) is 48.9 Å². The summed E-state index contributed by atoms with van der Waals surface area (Å²) in [4.78, 5) is 43.8. The molecule has 3 atom stereocenters. The molecule has 3 aromatic rings. The molecular formula is C32H41FN6O4. The predicted molar refractivity (Wildman–Crippen MR) is 161 cm³/mol. The van der Waals surface area contributed by atoms with E-state index in [1.807, 2.05) is 45.0 Å². The van der Waals surface area contributed by atoms with E-state index in [0.717, 1.165) is 11.1 Å². The van der Waals surface area contributed by atoms with Crippen LogP contribution in [-0.4, -0.2) is 82.6 Å². The second-order valence-corrected chi connectivity index (χ2v) is 11.2. The van der Waals surface area contributed by atoms with Crippen LogP contribution in [0.2, 0.25) is 0 Å². The van der Waals surface area contributed by atoms with Gasteiger partial charge in [0.25, 0.3) is 0 Å². The van der Waals surface area contributed by atoms with Gasteiger partial charge < -0.3 is 19.7 Å². The van der Waals surface area contributed by atoms with Crippen LogP contribution in [0.3, 0.4) is 0 Å². The Hall–Kier alpha value is -3.96. The van der Waals surface area contributed by atoms with Crippen LogP contribution >= 0.6 is 0 Å². The van der Waals surface area contributed by atoms with Gasteiger partial charge >= 0.3 is 0 Å². The van der Waals surface area contributed by atoms with Gasteiger partial charge in [-0.05, 0) is 37.5 Å². The average molecular weight is 593 g/mol. The molecule has 230 valence electrons. The third kappa shape index (κ3) is 7.52. The fourth-order valence-corrected chi connectivity index (χ4v) is 5.45. The second-order valence-electron chi connectivity index (χ2n) is 11.2. The Bertz CT molecular complexity index is 1400. The molecule has 0 spiro atoms. The lowest BCUT2D eigenvalue weighted by Crippen LogP contribution is -2.65. The predicted octanol–water partition coefficient (Wildman–Crippen LogP) is 3.95. The van der Waals surface area contributed by atoms with E-state index in [-0.39, 0.29) is 42.7 Å². The van der Waals surface area contributed by atoms with Crippen LogP contribution in [0.1, 0.15) is 50.1 Å². The topological polar surface area (TPSA) is 110 Å². The van der Waals surface area contributed by atoms with Crippen molar-refractivity contribution in [1.29, 1.82) is 0 Å². The molecule has 1 N–H and O–H groups in total. The summed E-state index contributed by atoms with van der Waals surface area (Å²) >= 11 is 0. The standard InChI is InChI=1S/C32H41FN6O4/c1-20(2)32(41)39-22(4)18-38(26(12-14-42-5)30-29(33)21(3)11-13-35-30)19-27(39)31(40)36-15-23-7-9-24(10-8-23)25-16-34-17-28(37-25)43-6/h7-11,13,16-17,20,22,26-27H,12,14-15,18-19H2,1-6H3,(H,36,40)/t22?,26?,27-/m1/s1. The maximum atomic E-state index is 15.3. The van der Waals surface area contributed by atoms with Crippen LogP contribution < -0.4 is 10.1 Å². The molecule has 0 aliphatic carbocycles. The Morgan fingerprint density at radius 3 is 2.53 bits per heavy atom. The van der Waals surface area contributed by atoms with Gasteiger partial charge in [0, 0.05) is 57.1 Å². The number of hydrogen-bond donors (Lipinski definition) is 1. The van der Waals surface area contributed by atoms with Gasteiger partial charge in [-0.15, -0.1) is 0 Å². The monoisotopic (exact) mass is 592 g/mol. The Morgan fingerprint density at radius 1 is 1.12 bits per heavy atom. The van der Waals surface area contributed by atoms with E-state index >= 15 is 4.39 Å². The molecular weight excluding hydrogens is 551 g/mol. The van der Waals surface area contributed by atoms with Crippen LogP contribution in [-0.2, 0) is 20.9 Å². The zero-order chi connectivity index (χ0) is 31.1. The summed E-state index contributed by atoms with van der Waals surface area (Å²) in [5.74, 6) is -0.575. The SMILES string of the molecule is COCCC(c1nccc(C)c1F)N1CC(C)N(C(=O)C(C)C)[C@@H](C(=O)NCc2ccc(-c3cncc(OC)n3)cc2)C1. The van der Waals surface area contributed by atoms with Crippen molar-refractivity contribution in [1.82, 2.24) is 30.1 Å². The van der Waals surface area contributed by atoms with Crippen molar-refractivity contribution in [2.24, 2.45) is 5.92 Å². The van der Waals surface area contributed by atoms with Crippen LogP contribution in [0, 0.1) is 18.7 Å². The molecule has 2 unspecified atom stereocenters. The number of halogens is 1. The number of ether oxygens (including phenoxy) is 2. The molecule has 1 fully saturated rings. The number of methoxy groups -OCH3 is 2. The summed E-state index contributed by atoms with van der Waals surface area (Å²) in [6, 6.07) is 7.83. The first-order chi connectivity index (χ1) is 20.6. The number of carbonyl (C=O) groups is 2. The lowest BCUT2D eigenvalue weighted by Gasteiger charge is -2.47. The number of pyridine rings is 1. The van der Waals surface area contributed by atoms with E-state index in [0.29, 0.717) is 42.4 Å². The van der Waals surface area contributed by atoms with E-state index < -0.39 is 12.1 Å². The Balaban J connectivity index is 1.55. The Labute approximate surface area is 252 Å². The highest BCUT2D eigenvalue weighted by atomic mass is 19.1. The van der Waals surface area contributed by atoms with E-state index in [1.165, 1.54) is 0 Å². The van der Waals surface area contributed by atoms with Crippen molar-refractivity contribution < 1.29 is 23.5 Å². The van der Waals surface area contributed by atoms with Crippen molar-refractivity contribution in [3.8, 4) is 17.1 Å². The third-order valence-electron chi connectivity index (χ3n) is 7.77. The molecule has 3 heterocycles. The summed E-state index contributed by atoms with van der Waals surface area (Å²) in [7, 11) is 3.14. The Morgan fingerprint density at radius 2 is 1.86 bits per heavy atom. The number of aryl methyl sites for hydroxylation is 1. The fraction of sp³-hybridized carbons (Fsp3) is 0.469. The summed E-state index contributed by atoms with van der Waals surface area (Å²) in [6.45, 7) is 8.69. The first-order valence-corrected chi connectivity index (χ1v) is 14.5. The molecule has 2 amide bonds. The lowest BCUT2D eigenvalue weighted by molar-refractivity contribution is -0.151. The number of hydrogen-bond acceptors (Lipinski definition) is 8. The van der Waals surface area contributed by atoms with Gasteiger partial charge in [0.05, 0.1) is 36.9 Å². The average Bonchev–Trinajstić information content (AvgIpc) is 3.01. The molecule has 10 nitrogen and oxygen atoms in total. The number of carbonyl (C=O) groups excluding carboxylic acids is 2. The first-order valence-electron chi connectivity index (χ1n) is 14.5. The number of nitrogens with zero attached hydrogens (tertiary/aromatic N) is 5. The largest absolute Gasteiger partial charge is 0.480 e. The van der Waals surface area contributed by atoms with Crippen molar-refractivity contribution in [3.05, 3.63) is 71.6 Å². The van der Waals surface area contributed by atoms with E-state index in [1.54, 1.807) is 50.7 Å². The minimum absolute atomic E-state index is 0.0932.